The lowest BCUT2D eigenvalue weighted by molar-refractivity contribution is -0.118. The van der Waals surface area contributed by atoms with Crippen LogP contribution in [-0.2, 0) is 4.79 Å². The van der Waals surface area contributed by atoms with Crippen LogP contribution in [0.15, 0.2) is 65.1 Å². The van der Waals surface area contributed by atoms with Crippen LogP contribution >= 0.6 is 15.9 Å². The van der Waals surface area contributed by atoms with E-state index in [2.05, 4.69) is 21.2 Å². The van der Waals surface area contributed by atoms with Gasteiger partial charge in [0.15, 0.2) is 5.78 Å². The number of ketones is 1. The van der Waals surface area contributed by atoms with Crippen molar-refractivity contribution in [1.29, 1.82) is 0 Å². The normalized spacial score (nSPS) is 17.2. The molecular weight excluding hydrogens is 382 g/mol. The van der Waals surface area contributed by atoms with E-state index in [0.717, 1.165) is 15.2 Å². The van der Waals surface area contributed by atoms with Gasteiger partial charge in [-0.15, -0.1) is 0 Å². The first kappa shape index (κ1) is 16.0. The SMILES string of the molecule is O=C(c1ccc2ccccc2c1)C(O)C1C(=O)Nc2ccc(Br)cc21. The van der Waals surface area contributed by atoms with Crippen LogP contribution in [0, 0.1) is 0 Å². The molecule has 2 N–H and O–H groups in total. The highest BCUT2D eigenvalue weighted by atomic mass is 79.9. The molecule has 0 spiro atoms. The summed E-state index contributed by atoms with van der Waals surface area (Å²) in [5, 5.41) is 15.3. The fourth-order valence-corrected chi connectivity index (χ4v) is 3.61. The Kier molecular flexibility index (Phi) is 3.90. The average molecular weight is 396 g/mol. The van der Waals surface area contributed by atoms with E-state index in [1.165, 1.54) is 0 Å². The van der Waals surface area contributed by atoms with E-state index in [-0.39, 0.29) is 5.91 Å². The molecule has 0 bridgehead atoms. The summed E-state index contributed by atoms with van der Waals surface area (Å²) in [4.78, 5) is 25.1. The second-order valence-corrected chi connectivity index (χ2v) is 6.99. The van der Waals surface area contributed by atoms with E-state index in [9.17, 15) is 14.7 Å². The molecule has 2 unspecified atom stereocenters. The largest absolute Gasteiger partial charge is 0.384 e. The Hall–Kier alpha value is -2.50. The maximum Gasteiger partial charge on any atom is 0.235 e. The third kappa shape index (κ3) is 2.75. The average Bonchev–Trinajstić information content (AvgIpc) is 2.95. The number of carbonyl (C=O) groups is 2. The molecule has 3 aromatic rings. The quantitative estimate of drug-likeness (QED) is 0.661. The third-order valence-electron chi connectivity index (χ3n) is 4.51. The van der Waals surface area contributed by atoms with Gasteiger partial charge in [-0.25, -0.2) is 0 Å². The maximum atomic E-state index is 12.8. The molecule has 4 nitrogen and oxygen atoms in total. The van der Waals surface area contributed by atoms with E-state index in [1.54, 1.807) is 30.3 Å². The van der Waals surface area contributed by atoms with Crippen molar-refractivity contribution < 1.29 is 14.7 Å². The first-order chi connectivity index (χ1) is 12.0. The summed E-state index contributed by atoms with van der Waals surface area (Å²) in [6.07, 6.45) is -1.43. The number of aliphatic hydroxyl groups excluding tert-OH is 1. The van der Waals surface area contributed by atoms with Crippen LogP contribution in [0.1, 0.15) is 21.8 Å². The van der Waals surface area contributed by atoms with E-state index in [1.807, 2.05) is 30.3 Å². The Morgan fingerprint density at radius 3 is 2.60 bits per heavy atom. The zero-order chi connectivity index (χ0) is 17.6. The Bertz CT molecular complexity index is 1010. The minimum Gasteiger partial charge on any atom is -0.384 e. The lowest BCUT2D eigenvalue weighted by Gasteiger charge is -2.16. The highest BCUT2D eigenvalue weighted by Crippen LogP contribution is 2.37. The summed E-state index contributed by atoms with van der Waals surface area (Å²) in [6, 6.07) is 18.3. The first-order valence-corrected chi connectivity index (χ1v) is 8.65. The molecule has 1 aliphatic rings. The van der Waals surface area contributed by atoms with E-state index in [4.69, 9.17) is 0 Å². The van der Waals surface area contributed by atoms with Crippen LogP contribution in [-0.4, -0.2) is 22.9 Å². The Morgan fingerprint density at radius 2 is 1.80 bits per heavy atom. The third-order valence-corrected chi connectivity index (χ3v) is 5.00. The molecule has 25 heavy (non-hydrogen) atoms. The van der Waals surface area contributed by atoms with Crippen molar-refractivity contribution in [2.45, 2.75) is 12.0 Å². The molecular formula is C20H14BrNO3. The minimum absolute atomic E-state index is 0.366. The van der Waals surface area contributed by atoms with Crippen molar-refractivity contribution in [3.63, 3.8) is 0 Å². The monoisotopic (exact) mass is 395 g/mol. The summed E-state index contributed by atoms with van der Waals surface area (Å²) < 4.78 is 0.790. The number of halogens is 1. The predicted octanol–water partition coefficient (Wildman–Crippen LogP) is 3.88. The first-order valence-electron chi connectivity index (χ1n) is 7.86. The van der Waals surface area contributed by atoms with Crippen LogP contribution < -0.4 is 5.32 Å². The number of amides is 1. The number of fused-ring (bicyclic) bond motifs is 2. The summed E-state index contributed by atoms with van der Waals surface area (Å²) >= 11 is 3.36. The summed E-state index contributed by atoms with van der Waals surface area (Å²) in [6.45, 7) is 0. The molecule has 1 amide bonds. The Balaban J connectivity index is 1.70. The highest BCUT2D eigenvalue weighted by molar-refractivity contribution is 9.10. The van der Waals surface area contributed by atoms with Crippen LogP contribution in [0.25, 0.3) is 10.8 Å². The Labute approximate surface area is 152 Å². The molecule has 0 radical (unpaired) electrons. The van der Waals surface area contributed by atoms with Gasteiger partial charge in [-0.3, -0.25) is 9.59 Å². The van der Waals surface area contributed by atoms with Gasteiger partial charge in [0.25, 0.3) is 0 Å². The van der Waals surface area contributed by atoms with Crippen molar-refractivity contribution in [3.8, 4) is 0 Å². The molecule has 3 aromatic carbocycles. The summed E-state index contributed by atoms with van der Waals surface area (Å²) in [5.41, 5.74) is 1.65. The fourth-order valence-electron chi connectivity index (χ4n) is 3.23. The van der Waals surface area contributed by atoms with Gasteiger partial charge in [0.05, 0.1) is 5.92 Å². The molecule has 1 aliphatic heterocycles. The number of nitrogens with one attached hydrogen (secondary N) is 1. The number of anilines is 1. The molecule has 124 valence electrons. The van der Waals surface area contributed by atoms with Gasteiger partial charge in [0, 0.05) is 15.7 Å². The number of rotatable bonds is 3. The predicted molar refractivity (Wildman–Crippen MR) is 99.8 cm³/mol. The van der Waals surface area contributed by atoms with Crippen molar-refractivity contribution in [2.24, 2.45) is 0 Å². The van der Waals surface area contributed by atoms with Crippen molar-refractivity contribution in [1.82, 2.24) is 0 Å². The molecule has 5 heteroatoms. The fraction of sp³-hybridized carbons (Fsp3) is 0.100. The second kappa shape index (κ2) is 6.10. The summed E-state index contributed by atoms with van der Waals surface area (Å²) in [7, 11) is 0. The van der Waals surface area contributed by atoms with E-state index >= 15 is 0 Å². The topological polar surface area (TPSA) is 66.4 Å². The summed E-state index contributed by atoms with van der Waals surface area (Å²) in [5.74, 6) is -1.74. The van der Waals surface area contributed by atoms with Gasteiger partial charge in [-0.1, -0.05) is 52.3 Å². The van der Waals surface area contributed by atoms with E-state index in [0.29, 0.717) is 16.8 Å². The second-order valence-electron chi connectivity index (χ2n) is 6.07. The van der Waals surface area contributed by atoms with E-state index < -0.39 is 17.8 Å². The van der Waals surface area contributed by atoms with Crippen molar-refractivity contribution in [3.05, 3.63) is 76.3 Å². The minimum atomic E-state index is -1.43. The zero-order valence-corrected chi connectivity index (χ0v) is 14.7. The van der Waals surface area contributed by atoms with Crippen LogP contribution in [0.3, 0.4) is 0 Å². The molecule has 0 saturated heterocycles. The van der Waals surface area contributed by atoms with Gasteiger partial charge in [0.1, 0.15) is 6.10 Å². The van der Waals surface area contributed by atoms with Crippen molar-refractivity contribution >= 4 is 44.1 Å². The molecule has 0 aromatic heterocycles. The molecule has 0 aliphatic carbocycles. The van der Waals surface area contributed by atoms with Crippen LogP contribution in [0.5, 0.6) is 0 Å². The molecule has 4 rings (SSSR count). The standard InChI is InChI=1S/C20H14BrNO3/c21-14-7-8-16-15(10-14)17(20(25)22-16)19(24)18(23)13-6-5-11-3-1-2-4-12(11)9-13/h1-10,17,19,24H,(H,22,25). The number of hydrogen-bond acceptors (Lipinski definition) is 3. The maximum absolute atomic E-state index is 12.8. The van der Waals surface area contributed by atoms with Gasteiger partial charge >= 0.3 is 0 Å². The smallest absolute Gasteiger partial charge is 0.235 e. The highest BCUT2D eigenvalue weighted by Gasteiger charge is 2.39. The number of aliphatic hydroxyl groups is 1. The molecule has 1 heterocycles. The van der Waals surface area contributed by atoms with Crippen LogP contribution in [0.4, 0.5) is 5.69 Å². The number of hydrogen-bond donors (Lipinski definition) is 2. The van der Waals surface area contributed by atoms with Crippen molar-refractivity contribution in [2.75, 3.05) is 5.32 Å². The zero-order valence-electron chi connectivity index (χ0n) is 13.1. The molecule has 0 saturated carbocycles. The number of benzene rings is 3. The lowest BCUT2D eigenvalue weighted by atomic mass is 9.89. The Morgan fingerprint density at radius 1 is 1.04 bits per heavy atom. The van der Waals surface area contributed by atoms with Gasteiger partial charge in [-0.2, -0.15) is 0 Å². The lowest BCUT2D eigenvalue weighted by Crippen LogP contribution is -2.32. The number of carbonyl (C=O) groups excluding carboxylic acids is 2. The molecule has 0 fully saturated rings. The number of Topliss-reactive ketones (excluding diaryl/α,β-unsaturated/α-hetero) is 1. The van der Waals surface area contributed by atoms with Crippen LogP contribution in [0.2, 0.25) is 0 Å². The molecule has 2 atom stereocenters. The van der Waals surface area contributed by atoms with Gasteiger partial charge in [-0.05, 0) is 40.6 Å². The van der Waals surface area contributed by atoms with Gasteiger partial charge < -0.3 is 10.4 Å². The van der Waals surface area contributed by atoms with Gasteiger partial charge in [0.2, 0.25) is 5.91 Å².